The molecule has 1 nitrogen and oxygen atoms in total. The Bertz CT molecular complexity index is 387. The van der Waals surface area contributed by atoms with Gasteiger partial charge in [0.1, 0.15) is 5.75 Å². The van der Waals surface area contributed by atoms with E-state index in [1.807, 2.05) is 0 Å². The van der Waals surface area contributed by atoms with E-state index in [0.29, 0.717) is 0 Å². The lowest BCUT2D eigenvalue weighted by Crippen LogP contribution is -2.42. The highest BCUT2D eigenvalue weighted by molar-refractivity contribution is 6.73. The van der Waals surface area contributed by atoms with Gasteiger partial charge in [0.2, 0.25) is 8.32 Å². The second kappa shape index (κ2) is 4.16. The quantitative estimate of drug-likeness (QED) is 0.715. The van der Waals surface area contributed by atoms with Crippen molar-refractivity contribution in [2.24, 2.45) is 11.8 Å². The average molecular weight is 246 g/mol. The van der Waals surface area contributed by atoms with Gasteiger partial charge in [-0.1, -0.05) is 31.0 Å². The molecule has 0 spiro atoms. The molecule has 3 atom stereocenters. The lowest BCUT2D eigenvalue weighted by atomic mass is 10.0. The Morgan fingerprint density at radius 3 is 2.41 bits per heavy atom. The Labute approximate surface area is 105 Å². The minimum atomic E-state index is -1.56. The SMILES string of the molecule is C[Si](C)(Oc1ccccc1)[C@H]1C[C@@H]2CC[C@H]1C2. The molecule has 92 valence electrons. The van der Waals surface area contributed by atoms with Crippen LogP contribution >= 0.6 is 0 Å². The monoisotopic (exact) mass is 246 g/mol. The van der Waals surface area contributed by atoms with Crippen molar-refractivity contribution in [3.63, 3.8) is 0 Å². The molecule has 2 aliphatic carbocycles. The summed E-state index contributed by atoms with van der Waals surface area (Å²) >= 11 is 0. The third kappa shape index (κ3) is 2.15. The molecule has 3 rings (SSSR count). The molecule has 2 bridgehead atoms. The maximum atomic E-state index is 6.38. The minimum absolute atomic E-state index is 0.890. The summed E-state index contributed by atoms with van der Waals surface area (Å²) in [5, 5.41) is 0. The van der Waals surface area contributed by atoms with Crippen LogP contribution in [0.25, 0.3) is 0 Å². The van der Waals surface area contributed by atoms with Gasteiger partial charge >= 0.3 is 0 Å². The Balaban J connectivity index is 1.73. The lowest BCUT2D eigenvalue weighted by Gasteiger charge is -2.35. The van der Waals surface area contributed by atoms with Crippen LogP contribution in [0.1, 0.15) is 25.7 Å². The van der Waals surface area contributed by atoms with Gasteiger partial charge in [-0.05, 0) is 55.4 Å². The first-order chi connectivity index (χ1) is 8.15. The zero-order valence-corrected chi connectivity index (χ0v) is 11.9. The highest BCUT2D eigenvalue weighted by atomic mass is 28.4. The molecule has 0 aliphatic heterocycles. The van der Waals surface area contributed by atoms with Crippen LogP contribution in [0.2, 0.25) is 18.6 Å². The molecule has 2 aliphatic rings. The largest absolute Gasteiger partial charge is 0.544 e. The second-order valence-corrected chi connectivity index (χ2v) is 10.5. The van der Waals surface area contributed by atoms with Crippen molar-refractivity contribution in [3.8, 4) is 5.75 Å². The van der Waals surface area contributed by atoms with Crippen LogP contribution in [-0.2, 0) is 0 Å². The molecule has 1 aromatic carbocycles. The molecule has 2 saturated carbocycles. The molecule has 2 heteroatoms. The number of para-hydroxylation sites is 1. The summed E-state index contributed by atoms with van der Waals surface area (Å²) in [5.41, 5.74) is 0.890. The van der Waals surface area contributed by atoms with Crippen LogP contribution in [0.4, 0.5) is 0 Å². The molecular weight excluding hydrogens is 224 g/mol. The summed E-state index contributed by atoms with van der Waals surface area (Å²) in [5.74, 6) is 3.08. The van der Waals surface area contributed by atoms with Crippen LogP contribution in [0.15, 0.2) is 30.3 Å². The first-order valence-corrected chi connectivity index (χ1v) is 9.88. The van der Waals surface area contributed by atoms with Crippen molar-refractivity contribution in [1.82, 2.24) is 0 Å². The molecule has 0 unspecified atom stereocenters. The number of rotatable bonds is 3. The molecule has 0 heterocycles. The molecule has 0 N–H and O–H groups in total. The fourth-order valence-corrected chi connectivity index (χ4v) is 7.20. The van der Waals surface area contributed by atoms with E-state index in [4.69, 9.17) is 4.43 Å². The zero-order valence-electron chi connectivity index (χ0n) is 10.9. The van der Waals surface area contributed by atoms with Crippen LogP contribution in [0, 0.1) is 11.8 Å². The van der Waals surface area contributed by atoms with Gasteiger partial charge in [-0.25, -0.2) is 0 Å². The molecule has 2 fully saturated rings. The van der Waals surface area contributed by atoms with E-state index in [1.165, 1.54) is 25.7 Å². The third-order valence-electron chi connectivity index (χ3n) is 4.76. The van der Waals surface area contributed by atoms with Crippen molar-refractivity contribution in [3.05, 3.63) is 30.3 Å². The third-order valence-corrected chi connectivity index (χ3v) is 8.01. The van der Waals surface area contributed by atoms with Gasteiger partial charge in [0, 0.05) is 0 Å². The number of benzene rings is 1. The molecule has 0 radical (unpaired) electrons. The van der Waals surface area contributed by atoms with Crippen LogP contribution < -0.4 is 4.43 Å². The van der Waals surface area contributed by atoms with E-state index in [-0.39, 0.29) is 0 Å². The molecule has 17 heavy (non-hydrogen) atoms. The first kappa shape index (κ1) is 11.3. The van der Waals surface area contributed by atoms with Crippen LogP contribution in [0.3, 0.4) is 0 Å². The van der Waals surface area contributed by atoms with Crippen molar-refractivity contribution in [1.29, 1.82) is 0 Å². The predicted octanol–water partition coefficient (Wildman–Crippen LogP) is 4.46. The van der Waals surface area contributed by atoms with E-state index in [9.17, 15) is 0 Å². The van der Waals surface area contributed by atoms with E-state index >= 15 is 0 Å². The van der Waals surface area contributed by atoms with Crippen molar-refractivity contribution >= 4 is 8.32 Å². The number of hydrogen-bond acceptors (Lipinski definition) is 1. The van der Waals surface area contributed by atoms with E-state index in [1.54, 1.807) is 0 Å². The molecular formula is C15H22OSi. The average Bonchev–Trinajstić information content (AvgIpc) is 2.91. The van der Waals surface area contributed by atoms with Crippen molar-refractivity contribution < 1.29 is 4.43 Å². The van der Waals surface area contributed by atoms with Crippen molar-refractivity contribution in [2.75, 3.05) is 0 Å². The fourth-order valence-electron chi connectivity index (χ4n) is 3.96. The van der Waals surface area contributed by atoms with E-state index in [0.717, 1.165) is 23.1 Å². The summed E-state index contributed by atoms with van der Waals surface area (Å²) in [6, 6.07) is 10.4. The summed E-state index contributed by atoms with van der Waals surface area (Å²) in [4.78, 5) is 0. The number of hydrogen-bond donors (Lipinski definition) is 0. The van der Waals surface area contributed by atoms with Crippen LogP contribution in [-0.4, -0.2) is 8.32 Å². The molecule has 1 aromatic rings. The summed E-state index contributed by atoms with van der Waals surface area (Å²) in [7, 11) is -1.56. The van der Waals surface area contributed by atoms with Gasteiger partial charge < -0.3 is 4.43 Å². The van der Waals surface area contributed by atoms with Gasteiger partial charge in [-0.15, -0.1) is 0 Å². The summed E-state index contributed by atoms with van der Waals surface area (Å²) < 4.78 is 6.38. The minimum Gasteiger partial charge on any atom is -0.544 e. The maximum Gasteiger partial charge on any atom is 0.248 e. The second-order valence-electron chi connectivity index (χ2n) is 6.30. The lowest BCUT2D eigenvalue weighted by molar-refractivity contribution is 0.423. The molecule has 0 saturated heterocycles. The van der Waals surface area contributed by atoms with E-state index in [2.05, 4.69) is 43.4 Å². The Kier molecular flexibility index (Phi) is 2.78. The standard InChI is InChI=1S/C15H22OSi/c1-17(2,16-14-6-4-3-5-7-14)15-11-12-8-9-13(15)10-12/h3-7,12-13,15H,8-11H2,1-2H3/t12-,13+,15+/m1/s1. The van der Waals surface area contributed by atoms with Gasteiger partial charge in [0.15, 0.2) is 0 Å². The Morgan fingerprint density at radius 2 is 1.82 bits per heavy atom. The predicted molar refractivity (Wildman–Crippen MR) is 73.8 cm³/mol. The van der Waals surface area contributed by atoms with Crippen molar-refractivity contribution in [2.45, 2.75) is 44.3 Å². The molecule has 0 amide bonds. The fraction of sp³-hybridized carbons (Fsp3) is 0.600. The maximum absolute atomic E-state index is 6.38. The van der Waals surface area contributed by atoms with Crippen LogP contribution in [0.5, 0.6) is 5.75 Å². The Hall–Kier alpha value is -0.763. The van der Waals surface area contributed by atoms with Gasteiger partial charge in [-0.2, -0.15) is 0 Å². The highest BCUT2D eigenvalue weighted by Crippen LogP contribution is 2.55. The smallest absolute Gasteiger partial charge is 0.248 e. The highest BCUT2D eigenvalue weighted by Gasteiger charge is 2.49. The summed E-state index contributed by atoms with van der Waals surface area (Å²) in [6.07, 6.45) is 5.87. The first-order valence-electron chi connectivity index (χ1n) is 6.89. The normalized spacial score (nSPS) is 31.8. The Morgan fingerprint density at radius 1 is 1.06 bits per heavy atom. The van der Waals surface area contributed by atoms with Gasteiger partial charge in [0.25, 0.3) is 0 Å². The van der Waals surface area contributed by atoms with Gasteiger partial charge in [0.05, 0.1) is 0 Å². The van der Waals surface area contributed by atoms with Gasteiger partial charge in [-0.3, -0.25) is 0 Å². The molecule has 0 aromatic heterocycles. The number of fused-ring (bicyclic) bond motifs is 2. The topological polar surface area (TPSA) is 9.23 Å². The summed E-state index contributed by atoms with van der Waals surface area (Å²) in [6.45, 7) is 4.82. The zero-order chi connectivity index (χ0) is 11.9. The van der Waals surface area contributed by atoms with E-state index < -0.39 is 8.32 Å².